The molecule has 3 heterocycles. The Kier molecular flexibility index (Phi) is 13.0. The van der Waals surface area contributed by atoms with E-state index in [1.165, 1.54) is 29.6 Å². The van der Waals surface area contributed by atoms with Gasteiger partial charge in [-0.3, -0.25) is 24.7 Å². The summed E-state index contributed by atoms with van der Waals surface area (Å²) in [6.07, 6.45) is 3.86. The number of halogens is 1. The first-order valence-corrected chi connectivity index (χ1v) is 23.3. The number of aromatic nitrogens is 2. The molecule has 0 aliphatic carbocycles. The summed E-state index contributed by atoms with van der Waals surface area (Å²) in [7, 11) is -4.29. The van der Waals surface area contributed by atoms with Gasteiger partial charge < -0.3 is 15.1 Å². The molecule has 1 saturated heterocycles. The Morgan fingerprint density at radius 1 is 0.903 bits per heavy atom. The van der Waals surface area contributed by atoms with Crippen LogP contribution in [-0.4, -0.2) is 96.0 Å². The Morgan fingerprint density at radius 3 is 2.39 bits per heavy atom. The van der Waals surface area contributed by atoms with Gasteiger partial charge in [0.25, 0.3) is 15.7 Å². The van der Waals surface area contributed by atoms with Gasteiger partial charge in [0.1, 0.15) is 12.0 Å². The topological polar surface area (TPSA) is 149 Å². The third-order valence-electron chi connectivity index (χ3n) is 11.1. The lowest BCUT2D eigenvalue weighted by molar-refractivity contribution is -0.384. The molecule has 5 aromatic carbocycles. The Morgan fingerprint density at radius 2 is 1.66 bits per heavy atom. The Labute approximate surface area is 371 Å². The van der Waals surface area contributed by atoms with E-state index in [-0.39, 0.29) is 33.7 Å². The molecule has 2 aliphatic rings. The van der Waals surface area contributed by atoms with Crippen molar-refractivity contribution in [3.05, 3.63) is 142 Å². The molecule has 0 unspecified atom stereocenters. The minimum Gasteiger partial charge on any atom is -0.376 e. The second kappa shape index (κ2) is 18.7. The number of anilines is 3. The van der Waals surface area contributed by atoms with Crippen LogP contribution in [0.3, 0.4) is 0 Å². The number of hydrogen-bond acceptors (Lipinski definition) is 12. The molecule has 0 bridgehead atoms. The van der Waals surface area contributed by atoms with E-state index in [0.29, 0.717) is 34.6 Å². The largest absolute Gasteiger partial charge is 0.376 e. The predicted octanol–water partition coefficient (Wildman–Crippen LogP) is 9.07. The lowest BCUT2D eigenvalue weighted by Gasteiger charge is -2.36. The van der Waals surface area contributed by atoms with Gasteiger partial charge in [-0.15, -0.1) is 11.8 Å². The van der Waals surface area contributed by atoms with E-state index in [2.05, 4.69) is 77.8 Å². The van der Waals surface area contributed by atoms with Crippen LogP contribution in [0.15, 0.2) is 136 Å². The van der Waals surface area contributed by atoms with Crippen LogP contribution in [0.1, 0.15) is 25.8 Å². The fraction of sp³-hybridized carbons (Fsp3) is 0.283. The van der Waals surface area contributed by atoms with Gasteiger partial charge >= 0.3 is 0 Å². The van der Waals surface area contributed by atoms with E-state index >= 15 is 0 Å². The lowest BCUT2D eigenvalue weighted by Crippen LogP contribution is -2.46. The third-order valence-corrected chi connectivity index (χ3v) is 13.8. The minimum absolute atomic E-state index is 0.0820. The van der Waals surface area contributed by atoms with Crippen molar-refractivity contribution in [1.29, 1.82) is 0 Å². The highest BCUT2D eigenvalue weighted by molar-refractivity contribution is 7.99. The maximum atomic E-state index is 13.9. The summed E-state index contributed by atoms with van der Waals surface area (Å²) in [5.41, 5.74) is 4.79. The second-order valence-electron chi connectivity index (χ2n) is 16.2. The highest BCUT2D eigenvalue weighted by Gasteiger charge is 2.28. The van der Waals surface area contributed by atoms with Crippen molar-refractivity contribution >= 4 is 73.5 Å². The van der Waals surface area contributed by atoms with E-state index in [1.807, 2.05) is 79.1 Å². The molecular formula is C46H48ClN9O4S2. The van der Waals surface area contributed by atoms with Crippen LogP contribution in [0.25, 0.3) is 22.0 Å². The van der Waals surface area contributed by atoms with E-state index in [0.717, 1.165) is 61.5 Å². The second-order valence-corrected chi connectivity index (χ2v) is 19.4. The zero-order chi connectivity index (χ0) is 43.3. The zero-order valence-electron chi connectivity index (χ0n) is 34.5. The normalized spacial score (nSPS) is 15.8. The minimum atomic E-state index is -4.29. The number of benzene rings is 5. The number of thioether (sulfide) groups is 1. The maximum absolute atomic E-state index is 13.9. The number of nitro groups is 1. The zero-order valence-corrected chi connectivity index (χ0v) is 36.9. The van der Waals surface area contributed by atoms with Crippen molar-refractivity contribution in [3.63, 3.8) is 0 Å². The number of nitro benzene ring substituents is 1. The van der Waals surface area contributed by atoms with Gasteiger partial charge in [0.15, 0.2) is 5.82 Å². The van der Waals surface area contributed by atoms with Gasteiger partial charge in [-0.2, -0.15) is 0 Å². The molecule has 62 heavy (non-hydrogen) atoms. The molecule has 13 nitrogen and oxygen atoms in total. The SMILES string of the molecule is CC1(C)CN(CC[C@H](CSc2ccccc2)Nc2ccc(S(=O)(=O)Nc3ncnc4cc(N5CCN(Cc6cc(Cl)ccc6-c6ccccc6)CC5)ccc34)cc2[N+](=O)[O-])C=N1. The first-order chi connectivity index (χ1) is 29.9. The van der Waals surface area contributed by atoms with Crippen LogP contribution >= 0.6 is 23.4 Å². The number of piperazine rings is 1. The number of nitrogens with one attached hydrogen (secondary N) is 2. The van der Waals surface area contributed by atoms with Crippen molar-refractivity contribution in [2.24, 2.45) is 4.99 Å². The van der Waals surface area contributed by atoms with Crippen molar-refractivity contribution in [3.8, 4) is 11.1 Å². The maximum Gasteiger partial charge on any atom is 0.293 e. The number of sulfonamides is 1. The van der Waals surface area contributed by atoms with Gasteiger partial charge in [0, 0.05) is 84.7 Å². The highest BCUT2D eigenvalue weighted by Crippen LogP contribution is 2.33. The molecule has 2 aliphatic heterocycles. The van der Waals surface area contributed by atoms with E-state index in [4.69, 9.17) is 11.6 Å². The highest BCUT2D eigenvalue weighted by atomic mass is 35.5. The Balaban J connectivity index is 0.941. The molecule has 0 spiro atoms. The summed E-state index contributed by atoms with van der Waals surface area (Å²) >= 11 is 8.09. The third kappa shape index (κ3) is 10.5. The smallest absolute Gasteiger partial charge is 0.293 e. The van der Waals surface area contributed by atoms with Gasteiger partial charge in [-0.25, -0.2) is 18.4 Å². The molecule has 8 rings (SSSR count). The van der Waals surface area contributed by atoms with E-state index in [9.17, 15) is 18.5 Å². The molecule has 0 amide bonds. The predicted molar refractivity (Wildman–Crippen MR) is 251 cm³/mol. The van der Waals surface area contributed by atoms with Crippen molar-refractivity contribution in [1.82, 2.24) is 19.8 Å². The summed E-state index contributed by atoms with van der Waals surface area (Å²) in [5, 5.41) is 17.1. The van der Waals surface area contributed by atoms with E-state index in [1.54, 1.807) is 11.8 Å². The van der Waals surface area contributed by atoms with Crippen molar-refractivity contribution < 1.29 is 13.3 Å². The van der Waals surface area contributed by atoms with Crippen LogP contribution in [0.5, 0.6) is 0 Å². The molecule has 1 fully saturated rings. The van der Waals surface area contributed by atoms with Crippen molar-refractivity contribution in [2.45, 2.75) is 48.2 Å². The molecule has 1 aromatic heterocycles. The monoisotopic (exact) mass is 889 g/mol. The number of nitrogens with zero attached hydrogens (tertiary/aromatic N) is 7. The fourth-order valence-corrected chi connectivity index (χ4v) is 10.1. The summed E-state index contributed by atoms with van der Waals surface area (Å²) in [6, 6.07) is 35.8. The van der Waals surface area contributed by atoms with Gasteiger partial charge in [0.2, 0.25) is 0 Å². The number of aliphatic imine (C=N–C) groups is 1. The molecule has 320 valence electrons. The average Bonchev–Trinajstić information content (AvgIpc) is 3.63. The quantitative estimate of drug-likeness (QED) is 0.0545. The van der Waals surface area contributed by atoms with Gasteiger partial charge in [-0.05, 0) is 91.6 Å². The van der Waals surface area contributed by atoms with Crippen LogP contribution < -0.4 is 14.9 Å². The van der Waals surface area contributed by atoms with Crippen LogP contribution in [-0.2, 0) is 16.6 Å². The van der Waals surface area contributed by atoms with Crippen LogP contribution in [0.4, 0.5) is 22.9 Å². The lowest BCUT2D eigenvalue weighted by atomic mass is 9.99. The summed E-state index contributed by atoms with van der Waals surface area (Å²) in [4.78, 5) is 32.9. The standard InChI is InChI=1S/C46H48ClN9O4S2/c1-46(2)30-54(32-50-46)20-19-36(29-61-38-11-7-4-8-12-38)51-42-18-15-39(27-44(42)56(57)58)62(59,60)52-45-41-17-14-37(26-43(41)48-31-49-45)55-23-21-53(22-24-55)28-34-25-35(47)13-16-40(34)33-9-5-3-6-10-33/h3-18,25-27,31-32,36,51H,19-24,28-30H2,1-2H3,(H,48,49,52)/t36-/m1/s1. The van der Waals surface area contributed by atoms with E-state index < -0.39 is 14.9 Å². The average molecular weight is 891 g/mol. The molecule has 0 saturated carbocycles. The summed E-state index contributed by atoms with van der Waals surface area (Å²) in [6.45, 7) is 9.69. The Hall–Kier alpha value is -5.74. The number of hydrogen-bond donors (Lipinski definition) is 2. The number of rotatable bonds is 16. The first kappa shape index (κ1) is 42.9. The molecule has 2 N–H and O–H groups in total. The summed E-state index contributed by atoms with van der Waals surface area (Å²) in [5.74, 6) is 0.717. The number of fused-ring (bicyclic) bond motifs is 1. The molecule has 1 atom stereocenters. The molecule has 0 radical (unpaired) electrons. The van der Waals surface area contributed by atoms with Crippen molar-refractivity contribution in [2.75, 3.05) is 60.0 Å². The summed E-state index contributed by atoms with van der Waals surface area (Å²) < 4.78 is 30.3. The van der Waals surface area contributed by atoms with Gasteiger partial charge in [0.05, 0.1) is 27.2 Å². The first-order valence-electron chi connectivity index (χ1n) is 20.5. The van der Waals surface area contributed by atoms with Gasteiger partial charge in [-0.1, -0.05) is 66.2 Å². The fourth-order valence-electron chi connectivity index (χ4n) is 7.86. The van der Waals surface area contributed by atoms with Crippen LogP contribution in [0.2, 0.25) is 5.02 Å². The molecule has 16 heteroatoms. The molecule has 6 aromatic rings. The Bertz CT molecular complexity index is 2680. The van der Waals surface area contributed by atoms with Crippen LogP contribution in [0, 0.1) is 10.1 Å². The molecular weight excluding hydrogens is 842 g/mol.